The molecule has 1 spiro atoms. The van der Waals surface area contributed by atoms with Crippen molar-refractivity contribution >= 4 is 15.5 Å². The maximum absolute atomic E-state index is 13.0. The summed E-state index contributed by atoms with van der Waals surface area (Å²) in [7, 11) is -3.92. The van der Waals surface area contributed by atoms with E-state index in [1.807, 2.05) is 0 Å². The van der Waals surface area contributed by atoms with Gasteiger partial charge in [0.1, 0.15) is 4.90 Å². The third-order valence-corrected chi connectivity index (χ3v) is 5.79. The predicted octanol–water partition coefficient (Wildman–Crippen LogP) is 2.68. The van der Waals surface area contributed by atoms with Gasteiger partial charge in [-0.15, -0.1) is 0 Å². The largest absolute Gasteiger partial charge is 0.417 e. The van der Waals surface area contributed by atoms with Crippen LogP contribution < -0.4 is 5.32 Å². The average molecular weight is 291 g/mol. The van der Waals surface area contributed by atoms with E-state index in [9.17, 15) is 21.6 Å². The average Bonchev–Trinajstić information content (AvgIpc) is 3.05. The Morgan fingerprint density at radius 1 is 1.21 bits per heavy atom. The first-order valence-corrected chi connectivity index (χ1v) is 7.56. The molecule has 3 rings (SSSR count). The highest BCUT2D eigenvalue weighted by molar-refractivity contribution is 7.91. The lowest BCUT2D eigenvalue weighted by atomic mass is 10.1. The van der Waals surface area contributed by atoms with E-state index in [1.165, 1.54) is 12.1 Å². The lowest BCUT2D eigenvalue weighted by Gasteiger charge is -2.14. The van der Waals surface area contributed by atoms with Crippen LogP contribution in [0.1, 0.15) is 18.4 Å². The normalized spacial score (nSPS) is 23.3. The van der Waals surface area contributed by atoms with Crippen LogP contribution in [0.2, 0.25) is 0 Å². The topological polar surface area (TPSA) is 46.2 Å². The molecule has 3 nitrogen and oxygen atoms in total. The van der Waals surface area contributed by atoms with Crippen molar-refractivity contribution in [3.05, 3.63) is 23.8 Å². The molecule has 0 bridgehead atoms. The van der Waals surface area contributed by atoms with Crippen LogP contribution in [0.15, 0.2) is 23.1 Å². The summed E-state index contributed by atoms with van der Waals surface area (Å²) in [6, 6.07) is 3.45. The van der Waals surface area contributed by atoms with Crippen LogP contribution in [0.3, 0.4) is 0 Å². The molecule has 1 fully saturated rings. The zero-order valence-corrected chi connectivity index (χ0v) is 10.7. The quantitative estimate of drug-likeness (QED) is 0.799. The van der Waals surface area contributed by atoms with Crippen molar-refractivity contribution in [1.29, 1.82) is 0 Å². The van der Waals surface area contributed by atoms with Crippen molar-refractivity contribution in [2.75, 3.05) is 17.6 Å². The van der Waals surface area contributed by atoms with Gasteiger partial charge in [-0.05, 0) is 25.0 Å². The van der Waals surface area contributed by atoms with E-state index in [-0.39, 0.29) is 16.9 Å². The Labute approximate surface area is 108 Å². The third kappa shape index (κ3) is 2.09. The number of alkyl halides is 3. The fraction of sp³-hybridized carbons (Fsp3) is 0.500. The molecule has 0 amide bonds. The smallest absolute Gasteiger partial charge is 0.383 e. The number of rotatable bonds is 0. The van der Waals surface area contributed by atoms with Crippen LogP contribution in [0.4, 0.5) is 18.9 Å². The standard InChI is InChI=1S/C12H12F3NO2S/c13-12(14,15)8-2-1-3-9-10(8)19(17,18)7-11(4-5-11)6-16-9/h1-3,16H,4-7H2. The molecule has 0 unspecified atom stereocenters. The number of benzene rings is 1. The second kappa shape index (κ2) is 3.65. The Balaban J connectivity index is 2.22. The number of anilines is 1. The maximum atomic E-state index is 13.0. The van der Waals surface area contributed by atoms with E-state index < -0.39 is 26.5 Å². The molecule has 1 aromatic rings. The van der Waals surface area contributed by atoms with E-state index in [1.54, 1.807) is 0 Å². The Hall–Kier alpha value is -1.24. The van der Waals surface area contributed by atoms with Crippen molar-refractivity contribution in [2.24, 2.45) is 5.41 Å². The molecule has 1 saturated carbocycles. The van der Waals surface area contributed by atoms with E-state index in [2.05, 4.69) is 5.32 Å². The Bertz CT molecular complexity index is 633. The fourth-order valence-corrected chi connectivity index (χ4v) is 4.88. The highest BCUT2D eigenvalue weighted by Crippen LogP contribution is 2.51. The van der Waals surface area contributed by atoms with Gasteiger partial charge in [0.2, 0.25) is 0 Å². The van der Waals surface area contributed by atoms with Gasteiger partial charge in [0.25, 0.3) is 0 Å². The van der Waals surface area contributed by atoms with Crippen LogP contribution in [0.25, 0.3) is 0 Å². The number of sulfone groups is 1. The molecular weight excluding hydrogens is 279 g/mol. The second-order valence-electron chi connectivity index (χ2n) is 5.29. The summed E-state index contributed by atoms with van der Waals surface area (Å²) in [4.78, 5) is -0.591. The van der Waals surface area contributed by atoms with Crippen LogP contribution in [0, 0.1) is 5.41 Å². The second-order valence-corrected chi connectivity index (χ2v) is 7.22. The number of hydrogen-bond donors (Lipinski definition) is 1. The minimum Gasteiger partial charge on any atom is -0.383 e. The Morgan fingerprint density at radius 3 is 2.47 bits per heavy atom. The van der Waals surface area contributed by atoms with E-state index >= 15 is 0 Å². The van der Waals surface area contributed by atoms with Crippen molar-refractivity contribution in [3.63, 3.8) is 0 Å². The molecule has 19 heavy (non-hydrogen) atoms. The van der Waals surface area contributed by atoms with Gasteiger partial charge in [0, 0.05) is 12.0 Å². The van der Waals surface area contributed by atoms with Crippen molar-refractivity contribution < 1.29 is 21.6 Å². The lowest BCUT2D eigenvalue weighted by molar-refractivity contribution is -0.139. The van der Waals surface area contributed by atoms with Crippen molar-refractivity contribution in [2.45, 2.75) is 23.9 Å². The highest BCUT2D eigenvalue weighted by Gasteiger charge is 2.50. The summed E-state index contributed by atoms with van der Waals surface area (Å²) in [6.07, 6.45) is -3.18. The molecule has 2 aliphatic rings. The van der Waals surface area contributed by atoms with E-state index in [4.69, 9.17) is 0 Å². The summed E-state index contributed by atoms with van der Waals surface area (Å²) >= 11 is 0. The first kappa shape index (κ1) is 12.8. The third-order valence-electron chi connectivity index (χ3n) is 3.74. The van der Waals surface area contributed by atoms with E-state index in [0.29, 0.717) is 6.54 Å². The molecule has 0 aromatic heterocycles. The number of halogens is 3. The van der Waals surface area contributed by atoms with E-state index in [0.717, 1.165) is 18.9 Å². The van der Waals surface area contributed by atoms with Gasteiger partial charge in [-0.3, -0.25) is 0 Å². The zero-order valence-electron chi connectivity index (χ0n) is 9.92. The van der Waals surface area contributed by atoms with Crippen molar-refractivity contribution in [1.82, 2.24) is 0 Å². The summed E-state index contributed by atoms with van der Waals surface area (Å²) in [5, 5.41) is 2.87. The van der Waals surface area contributed by atoms with Crippen LogP contribution in [-0.2, 0) is 16.0 Å². The van der Waals surface area contributed by atoms with Crippen molar-refractivity contribution in [3.8, 4) is 0 Å². The maximum Gasteiger partial charge on any atom is 0.417 e. The lowest BCUT2D eigenvalue weighted by Crippen LogP contribution is -2.21. The fourth-order valence-electron chi connectivity index (χ4n) is 2.54. The zero-order chi connectivity index (χ0) is 13.9. The minimum atomic E-state index is -4.67. The molecule has 1 N–H and O–H groups in total. The Morgan fingerprint density at radius 2 is 1.89 bits per heavy atom. The highest BCUT2D eigenvalue weighted by atomic mass is 32.2. The van der Waals surface area contributed by atoms with Gasteiger partial charge in [0.15, 0.2) is 9.84 Å². The van der Waals surface area contributed by atoms with Gasteiger partial charge < -0.3 is 5.32 Å². The molecule has 104 valence electrons. The molecule has 0 saturated heterocycles. The number of hydrogen-bond acceptors (Lipinski definition) is 3. The molecule has 1 aromatic carbocycles. The van der Waals surface area contributed by atoms with Gasteiger partial charge in [-0.1, -0.05) is 6.07 Å². The summed E-state index contributed by atoms with van der Waals surface area (Å²) < 4.78 is 63.5. The van der Waals surface area contributed by atoms with Gasteiger partial charge >= 0.3 is 6.18 Å². The monoisotopic (exact) mass is 291 g/mol. The molecule has 1 aliphatic carbocycles. The molecule has 0 atom stereocenters. The van der Waals surface area contributed by atoms with Gasteiger partial charge in [-0.2, -0.15) is 13.2 Å². The molecule has 1 aliphatic heterocycles. The summed E-state index contributed by atoms with van der Waals surface area (Å²) in [5.41, 5.74) is -1.38. The Kier molecular flexibility index (Phi) is 2.46. The SMILES string of the molecule is O=S1(=O)CC2(CC2)CNc2cccc(C(F)(F)F)c21. The molecule has 0 radical (unpaired) electrons. The first-order valence-electron chi connectivity index (χ1n) is 5.90. The minimum absolute atomic E-state index is 0.0681. The molecular formula is C12H12F3NO2S. The van der Waals surface area contributed by atoms with Gasteiger partial charge in [-0.25, -0.2) is 8.42 Å². The molecule has 7 heteroatoms. The predicted molar refractivity (Wildman–Crippen MR) is 63.7 cm³/mol. The number of nitrogens with one attached hydrogen (secondary N) is 1. The number of fused-ring (bicyclic) bond motifs is 1. The molecule has 1 heterocycles. The van der Waals surface area contributed by atoms with Crippen LogP contribution in [-0.4, -0.2) is 20.7 Å². The van der Waals surface area contributed by atoms with Crippen LogP contribution in [0.5, 0.6) is 0 Å². The van der Waals surface area contributed by atoms with Gasteiger partial charge in [0.05, 0.1) is 17.0 Å². The first-order chi connectivity index (χ1) is 8.74. The summed E-state index contributed by atoms with van der Waals surface area (Å²) in [5.74, 6) is -0.201. The summed E-state index contributed by atoms with van der Waals surface area (Å²) in [6.45, 7) is 0.417. The van der Waals surface area contributed by atoms with Crippen LogP contribution >= 0.6 is 0 Å².